The number of nitrogens with zero attached hydrogens (tertiary/aromatic N) is 1. The molecule has 1 N–H and O–H groups in total. The van der Waals surface area contributed by atoms with Gasteiger partial charge in [-0.05, 0) is 25.7 Å². The lowest BCUT2D eigenvalue weighted by Crippen LogP contribution is -2.64. The molecular formula is C15H26N2O. The molecule has 3 fully saturated rings. The van der Waals surface area contributed by atoms with Gasteiger partial charge in [0.2, 0.25) is 5.91 Å². The van der Waals surface area contributed by atoms with Gasteiger partial charge in [-0.25, -0.2) is 0 Å². The summed E-state index contributed by atoms with van der Waals surface area (Å²) in [7, 11) is 0. The predicted octanol–water partition coefficient (Wildman–Crippen LogP) is 2.31. The Kier molecular flexibility index (Phi) is 3.60. The summed E-state index contributed by atoms with van der Waals surface area (Å²) in [6.45, 7) is 2.96. The molecule has 2 saturated carbocycles. The summed E-state index contributed by atoms with van der Waals surface area (Å²) in [5.74, 6) is 0.831. The van der Waals surface area contributed by atoms with Crippen LogP contribution in [0.4, 0.5) is 0 Å². The molecule has 3 rings (SSSR count). The van der Waals surface area contributed by atoms with Gasteiger partial charge in [-0.2, -0.15) is 0 Å². The van der Waals surface area contributed by atoms with Crippen LogP contribution in [0.5, 0.6) is 0 Å². The lowest BCUT2D eigenvalue weighted by molar-refractivity contribution is -0.145. The summed E-state index contributed by atoms with van der Waals surface area (Å²) in [5, 5.41) is 3.53. The third-order valence-corrected chi connectivity index (χ3v) is 5.29. The highest BCUT2D eigenvalue weighted by molar-refractivity contribution is 5.80. The molecule has 0 aromatic rings. The van der Waals surface area contributed by atoms with Gasteiger partial charge in [-0.15, -0.1) is 0 Å². The number of rotatable bonds is 1. The molecule has 3 nitrogen and oxygen atoms in total. The highest BCUT2D eigenvalue weighted by Gasteiger charge is 2.43. The molecule has 0 radical (unpaired) electrons. The van der Waals surface area contributed by atoms with Crippen molar-refractivity contribution in [3.05, 3.63) is 0 Å². The minimum absolute atomic E-state index is 0.177. The van der Waals surface area contributed by atoms with E-state index in [1.165, 1.54) is 44.9 Å². The average Bonchev–Trinajstić information content (AvgIpc) is 2.93. The second-order valence-corrected chi connectivity index (χ2v) is 6.43. The molecule has 1 saturated heterocycles. The van der Waals surface area contributed by atoms with Gasteiger partial charge in [-0.3, -0.25) is 4.79 Å². The minimum Gasteiger partial charge on any atom is -0.334 e. The quantitative estimate of drug-likeness (QED) is 0.774. The molecule has 1 aliphatic heterocycles. The van der Waals surface area contributed by atoms with Crippen LogP contribution in [-0.2, 0) is 4.79 Å². The van der Waals surface area contributed by atoms with Crippen molar-refractivity contribution in [1.82, 2.24) is 10.2 Å². The number of hydrogen-bond donors (Lipinski definition) is 1. The van der Waals surface area contributed by atoms with Crippen molar-refractivity contribution in [2.24, 2.45) is 5.92 Å². The fraction of sp³-hybridized carbons (Fsp3) is 0.933. The molecule has 1 spiro atoms. The Morgan fingerprint density at radius 1 is 1.06 bits per heavy atom. The Balaban J connectivity index is 1.76. The molecule has 0 unspecified atom stereocenters. The fourth-order valence-electron chi connectivity index (χ4n) is 4.24. The van der Waals surface area contributed by atoms with Crippen LogP contribution in [0.15, 0.2) is 0 Å². The molecule has 0 atom stereocenters. The van der Waals surface area contributed by atoms with Gasteiger partial charge in [0.15, 0.2) is 0 Å². The van der Waals surface area contributed by atoms with Crippen LogP contribution < -0.4 is 5.32 Å². The maximum atomic E-state index is 12.8. The molecule has 1 heterocycles. The molecule has 0 bridgehead atoms. The first-order chi connectivity index (χ1) is 8.82. The average molecular weight is 250 g/mol. The zero-order valence-corrected chi connectivity index (χ0v) is 11.4. The van der Waals surface area contributed by atoms with Crippen molar-refractivity contribution in [3.8, 4) is 0 Å². The zero-order valence-electron chi connectivity index (χ0n) is 11.4. The van der Waals surface area contributed by atoms with E-state index in [1.54, 1.807) is 0 Å². The maximum absolute atomic E-state index is 12.8. The van der Waals surface area contributed by atoms with Gasteiger partial charge in [-0.1, -0.05) is 32.1 Å². The highest BCUT2D eigenvalue weighted by atomic mass is 16.2. The van der Waals surface area contributed by atoms with Crippen molar-refractivity contribution in [3.63, 3.8) is 0 Å². The standard InChI is InChI=1S/C15H26N2O/c18-14(13-6-2-3-7-13)17-11-10-16-12-15(17)8-4-1-5-9-15/h13,16H,1-12H2. The number of piperazine rings is 1. The summed E-state index contributed by atoms with van der Waals surface area (Å²) >= 11 is 0. The van der Waals surface area contributed by atoms with E-state index in [0.29, 0.717) is 11.8 Å². The molecule has 102 valence electrons. The lowest BCUT2D eigenvalue weighted by atomic mass is 9.78. The Morgan fingerprint density at radius 3 is 2.50 bits per heavy atom. The van der Waals surface area contributed by atoms with E-state index in [4.69, 9.17) is 0 Å². The molecule has 3 heteroatoms. The van der Waals surface area contributed by atoms with E-state index in [1.807, 2.05) is 0 Å². The summed E-state index contributed by atoms with van der Waals surface area (Å²) in [6.07, 6.45) is 11.2. The third-order valence-electron chi connectivity index (χ3n) is 5.29. The first-order valence-corrected chi connectivity index (χ1v) is 7.84. The summed E-state index contributed by atoms with van der Waals surface area (Å²) < 4.78 is 0. The van der Waals surface area contributed by atoms with E-state index < -0.39 is 0 Å². The topological polar surface area (TPSA) is 32.3 Å². The Hall–Kier alpha value is -0.570. The van der Waals surface area contributed by atoms with Gasteiger partial charge in [0.1, 0.15) is 0 Å². The van der Waals surface area contributed by atoms with Gasteiger partial charge in [0.05, 0.1) is 5.54 Å². The number of nitrogens with one attached hydrogen (secondary N) is 1. The van der Waals surface area contributed by atoms with E-state index in [-0.39, 0.29) is 5.54 Å². The van der Waals surface area contributed by atoms with Crippen LogP contribution in [-0.4, -0.2) is 36.0 Å². The molecule has 1 amide bonds. The molecular weight excluding hydrogens is 224 g/mol. The molecule has 18 heavy (non-hydrogen) atoms. The second kappa shape index (κ2) is 5.20. The summed E-state index contributed by atoms with van der Waals surface area (Å²) in [4.78, 5) is 15.1. The third kappa shape index (κ3) is 2.18. The van der Waals surface area contributed by atoms with Crippen LogP contribution in [0.3, 0.4) is 0 Å². The summed E-state index contributed by atoms with van der Waals surface area (Å²) in [5.41, 5.74) is 0.177. The van der Waals surface area contributed by atoms with Crippen LogP contribution in [0.25, 0.3) is 0 Å². The normalized spacial score (nSPS) is 28.8. The number of carbonyl (C=O) groups is 1. The minimum atomic E-state index is 0.177. The van der Waals surface area contributed by atoms with Crippen molar-refractivity contribution in [2.75, 3.05) is 19.6 Å². The smallest absolute Gasteiger partial charge is 0.226 e. The van der Waals surface area contributed by atoms with E-state index in [2.05, 4.69) is 10.2 Å². The van der Waals surface area contributed by atoms with Crippen LogP contribution in [0.1, 0.15) is 57.8 Å². The first kappa shape index (κ1) is 12.5. The van der Waals surface area contributed by atoms with Crippen molar-refractivity contribution in [2.45, 2.75) is 63.3 Å². The lowest BCUT2D eigenvalue weighted by Gasteiger charge is -2.50. The zero-order chi connectivity index (χ0) is 12.4. The molecule has 2 aliphatic carbocycles. The Bertz CT molecular complexity index is 295. The maximum Gasteiger partial charge on any atom is 0.226 e. The predicted molar refractivity (Wildman–Crippen MR) is 72.4 cm³/mol. The van der Waals surface area contributed by atoms with Gasteiger partial charge in [0.25, 0.3) is 0 Å². The van der Waals surface area contributed by atoms with E-state index >= 15 is 0 Å². The highest BCUT2D eigenvalue weighted by Crippen LogP contribution is 2.37. The number of carbonyl (C=O) groups excluding carboxylic acids is 1. The fourth-order valence-corrected chi connectivity index (χ4v) is 4.24. The van der Waals surface area contributed by atoms with Gasteiger partial charge >= 0.3 is 0 Å². The molecule has 0 aromatic carbocycles. The van der Waals surface area contributed by atoms with Crippen molar-refractivity contribution < 1.29 is 4.79 Å². The van der Waals surface area contributed by atoms with Crippen molar-refractivity contribution >= 4 is 5.91 Å². The number of amides is 1. The largest absolute Gasteiger partial charge is 0.334 e. The molecule has 0 aromatic heterocycles. The second-order valence-electron chi connectivity index (χ2n) is 6.43. The SMILES string of the molecule is O=C(C1CCCC1)N1CCNCC12CCCCC2. The van der Waals surface area contributed by atoms with Crippen LogP contribution in [0, 0.1) is 5.92 Å². The van der Waals surface area contributed by atoms with Crippen LogP contribution >= 0.6 is 0 Å². The monoisotopic (exact) mass is 250 g/mol. The van der Waals surface area contributed by atoms with Gasteiger partial charge < -0.3 is 10.2 Å². The Labute approximate surface area is 110 Å². The van der Waals surface area contributed by atoms with E-state index in [9.17, 15) is 4.79 Å². The van der Waals surface area contributed by atoms with Crippen molar-refractivity contribution in [1.29, 1.82) is 0 Å². The van der Waals surface area contributed by atoms with Gasteiger partial charge in [0, 0.05) is 25.6 Å². The van der Waals surface area contributed by atoms with E-state index in [0.717, 1.165) is 32.5 Å². The first-order valence-electron chi connectivity index (χ1n) is 7.84. The summed E-state index contributed by atoms with van der Waals surface area (Å²) in [6, 6.07) is 0. The number of hydrogen-bond acceptors (Lipinski definition) is 2. The Morgan fingerprint density at radius 2 is 1.78 bits per heavy atom. The van der Waals surface area contributed by atoms with Crippen LogP contribution in [0.2, 0.25) is 0 Å². The molecule has 3 aliphatic rings.